The van der Waals surface area contributed by atoms with Gasteiger partial charge in [-0.1, -0.05) is 6.58 Å². The van der Waals surface area contributed by atoms with Crippen LogP contribution in [0, 0.1) is 0 Å². The molecule has 0 aliphatic heterocycles. The van der Waals surface area contributed by atoms with Crippen molar-refractivity contribution in [3.8, 4) is 0 Å². The minimum Gasteiger partial charge on any atom is -0.460 e. The maximum atomic E-state index is 10.6. The number of esters is 1. The quantitative estimate of drug-likeness (QED) is 0.215. The fourth-order valence-corrected chi connectivity index (χ4v) is 0.835. The molecule has 0 unspecified atom stereocenters. The number of ether oxygens (including phenoxy) is 1. The minimum absolute atomic E-state index is 0.0103. The molecule has 0 fully saturated rings. The average molecular weight is 234 g/mol. The van der Waals surface area contributed by atoms with Gasteiger partial charge in [0.15, 0.2) is 6.29 Å². The molecule has 0 saturated heterocycles. The van der Waals surface area contributed by atoms with Gasteiger partial charge < -0.3 is 30.0 Å². The van der Waals surface area contributed by atoms with Gasteiger partial charge in [-0.05, 0) is 0 Å². The second kappa shape index (κ2) is 7.07. The smallest absolute Gasteiger partial charge is 0.330 e. The van der Waals surface area contributed by atoms with Gasteiger partial charge in [-0.25, -0.2) is 4.79 Å². The zero-order chi connectivity index (χ0) is 12.7. The highest BCUT2D eigenvalue weighted by Gasteiger charge is 2.30. The molecular weight excluding hydrogens is 220 g/mol. The lowest BCUT2D eigenvalue weighted by molar-refractivity contribution is -0.151. The maximum Gasteiger partial charge on any atom is 0.330 e. The molecule has 0 radical (unpaired) electrons. The van der Waals surface area contributed by atoms with Crippen LogP contribution in [-0.2, 0) is 14.3 Å². The summed E-state index contributed by atoms with van der Waals surface area (Å²) in [5.74, 6) is -0.809. The summed E-state index contributed by atoms with van der Waals surface area (Å²) in [6.07, 6.45) is -6.23. The second-order valence-electron chi connectivity index (χ2n) is 3.01. The lowest BCUT2D eigenvalue weighted by Gasteiger charge is -2.23. The third-order valence-corrected chi connectivity index (χ3v) is 1.80. The molecule has 4 N–H and O–H groups in total. The Kier molecular flexibility index (Phi) is 6.50. The Bertz CT molecular complexity index is 252. The van der Waals surface area contributed by atoms with Crippen molar-refractivity contribution >= 4 is 12.3 Å². The third-order valence-electron chi connectivity index (χ3n) is 1.80. The standard InChI is InChI=1S/C9H14O7/c1-2-7(13)16-4-6(12)9(15)8(14)5(11)3-10/h2-3,5-6,8-9,11-12,14-15H,1,4H2/t5-,6+,8+,9-/m0/s1. The molecule has 0 aromatic heterocycles. The van der Waals surface area contributed by atoms with Gasteiger partial charge in [-0.2, -0.15) is 0 Å². The number of aliphatic hydroxyl groups is 4. The van der Waals surface area contributed by atoms with Gasteiger partial charge in [-0.15, -0.1) is 0 Å². The molecule has 4 atom stereocenters. The zero-order valence-corrected chi connectivity index (χ0v) is 8.39. The van der Waals surface area contributed by atoms with Crippen molar-refractivity contribution in [2.45, 2.75) is 24.4 Å². The van der Waals surface area contributed by atoms with Crippen molar-refractivity contribution < 1.29 is 34.8 Å². The highest BCUT2D eigenvalue weighted by molar-refractivity contribution is 5.81. The van der Waals surface area contributed by atoms with E-state index in [9.17, 15) is 19.8 Å². The van der Waals surface area contributed by atoms with Gasteiger partial charge >= 0.3 is 5.97 Å². The van der Waals surface area contributed by atoms with E-state index in [1.807, 2.05) is 0 Å². The van der Waals surface area contributed by atoms with Crippen LogP contribution in [-0.4, -0.2) is 63.7 Å². The highest BCUT2D eigenvalue weighted by Crippen LogP contribution is 2.04. The van der Waals surface area contributed by atoms with Crippen molar-refractivity contribution in [2.24, 2.45) is 0 Å². The van der Waals surface area contributed by atoms with Crippen LogP contribution in [0.25, 0.3) is 0 Å². The number of carbonyl (C=O) groups excluding carboxylic acids is 2. The van der Waals surface area contributed by atoms with Gasteiger partial charge in [0, 0.05) is 6.08 Å². The molecule has 7 nitrogen and oxygen atoms in total. The van der Waals surface area contributed by atoms with E-state index in [1.54, 1.807) is 0 Å². The minimum atomic E-state index is -1.85. The summed E-state index contributed by atoms with van der Waals surface area (Å²) in [5, 5.41) is 36.4. The van der Waals surface area contributed by atoms with Crippen LogP contribution in [0.1, 0.15) is 0 Å². The Balaban J connectivity index is 4.16. The lowest BCUT2D eigenvalue weighted by atomic mass is 10.0. The van der Waals surface area contributed by atoms with Gasteiger partial charge in [-0.3, -0.25) is 0 Å². The number of hydrogen-bond acceptors (Lipinski definition) is 7. The zero-order valence-electron chi connectivity index (χ0n) is 8.39. The highest BCUT2D eigenvalue weighted by atomic mass is 16.5. The third kappa shape index (κ3) is 4.49. The number of carbonyl (C=O) groups is 2. The van der Waals surface area contributed by atoms with Crippen LogP contribution in [0.2, 0.25) is 0 Å². The van der Waals surface area contributed by atoms with Crippen molar-refractivity contribution in [1.29, 1.82) is 0 Å². The van der Waals surface area contributed by atoms with Crippen molar-refractivity contribution in [3.63, 3.8) is 0 Å². The molecule has 0 aromatic carbocycles. The summed E-state index contributed by atoms with van der Waals surface area (Å²) in [7, 11) is 0. The van der Waals surface area contributed by atoms with E-state index in [1.165, 1.54) is 0 Å². The normalized spacial score (nSPS) is 18.0. The Hall–Kier alpha value is -1.28. The van der Waals surface area contributed by atoms with E-state index in [0.717, 1.165) is 6.08 Å². The van der Waals surface area contributed by atoms with Crippen molar-refractivity contribution in [1.82, 2.24) is 0 Å². The van der Waals surface area contributed by atoms with Gasteiger partial charge in [0.2, 0.25) is 0 Å². The first-order valence-corrected chi connectivity index (χ1v) is 4.40. The average Bonchev–Trinajstić information content (AvgIpc) is 2.32. The van der Waals surface area contributed by atoms with Gasteiger partial charge in [0.25, 0.3) is 0 Å². The Labute approximate surface area is 91.6 Å². The summed E-state index contributed by atoms with van der Waals surface area (Å²) in [4.78, 5) is 20.7. The van der Waals surface area contributed by atoms with Crippen LogP contribution in [0.5, 0.6) is 0 Å². The van der Waals surface area contributed by atoms with Crippen LogP contribution >= 0.6 is 0 Å². The first-order chi connectivity index (χ1) is 7.43. The van der Waals surface area contributed by atoms with Crippen LogP contribution in [0.4, 0.5) is 0 Å². The van der Waals surface area contributed by atoms with E-state index < -0.39 is 37.0 Å². The molecule has 0 amide bonds. The Morgan fingerprint density at radius 3 is 2.25 bits per heavy atom. The predicted octanol–water partition coefficient (Wildman–Crippen LogP) is -2.64. The number of rotatable bonds is 7. The fourth-order valence-electron chi connectivity index (χ4n) is 0.835. The number of aliphatic hydroxyl groups excluding tert-OH is 4. The molecular formula is C9H14O7. The van der Waals surface area contributed by atoms with E-state index in [-0.39, 0.29) is 6.29 Å². The van der Waals surface area contributed by atoms with Crippen LogP contribution in [0.3, 0.4) is 0 Å². The molecule has 7 heteroatoms. The van der Waals surface area contributed by atoms with E-state index in [2.05, 4.69) is 11.3 Å². The maximum absolute atomic E-state index is 10.6. The molecule has 0 rings (SSSR count). The SMILES string of the molecule is C=CC(=O)OC[C@@H](O)[C@H](O)[C@H](O)[C@@H](O)C=O. The molecule has 0 aromatic rings. The topological polar surface area (TPSA) is 124 Å². The monoisotopic (exact) mass is 234 g/mol. The largest absolute Gasteiger partial charge is 0.460 e. The van der Waals surface area contributed by atoms with Gasteiger partial charge in [0.05, 0.1) is 0 Å². The summed E-state index contributed by atoms with van der Waals surface area (Å²) >= 11 is 0. The van der Waals surface area contributed by atoms with Crippen molar-refractivity contribution in [2.75, 3.05) is 6.61 Å². The number of hydrogen-bond donors (Lipinski definition) is 4. The van der Waals surface area contributed by atoms with Crippen molar-refractivity contribution in [3.05, 3.63) is 12.7 Å². The molecule has 92 valence electrons. The molecule has 16 heavy (non-hydrogen) atoms. The van der Waals surface area contributed by atoms with E-state index >= 15 is 0 Å². The van der Waals surface area contributed by atoms with Crippen LogP contribution in [0.15, 0.2) is 12.7 Å². The lowest BCUT2D eigenvalue weighted by Crippen LogP contribution is -2.46. The molecule has 0 spiro atoms. The molecule has 0 saturated carbocycles. The predicted molar refractivity (Wildman–Crippen MR) is 51.2 cm³/mol. The molecule has 0 aliphatic carbocycles. The van der Waals surface area contributed by atoms with Gasteiger partial charge in [0.1, 0.15) is 31.0 Å². The summed E-state index contributed by atoms with van der Waals surface area (Å²) in [6.45, 7) is 2.52. The fraction of sp³-hybridized carbons (Fsp3) is 0.556. The Morgan fingerprint density at radius 1 is 1.25 bits per heavy atom. The first-order valence-electron chi connectivity index (χ1n) is 4.40. The molecule has 0 heterocycles. The van der Waals surface area contributed by atoms with E-state index in [0.29, 0.717) is 0 Å². The van der Waals surface area contributed by atoms with Crippen LogP contribution < -0.4 is 0 Å². The molecule has 0 bridgehead atoms. The Morgan fingerprint density at radius 2 is 1.81 bits per heavy atom. The summed E-state index contributed by atoms with van der Waals surface area (Å²) in [6, 6.07) is 0. The summed E-state index contributed by atoms with van der Waals surface area (Å²) in [5.41, 5.74) is 0. The molecule has 0 aliphatic rings. The van der Waals surface area contributed by atoms with E-state index in [4.69, 9.17) is 10.2 Å². The number of aldehydes is 1. The second-order valence-corrected chi connectivity index (χ2v) is 3.01. The first kappa shape index (κ1) is 14.7. The summed E-state index contributed by atoms with van der Waals surface area (Å²) < 4.78 is 4.39.